The van der Waals surface area contributed by atoms with Crippen molar-refractivity contribution in [1.82, 2.24) is 30.0 Å². The number of pyridine rings is 1. The van der Waals surface area contributed by atoms with E-state index in [4.69, 9.17) is 27.9 Å². The third-order valence-corrected chi connectivity index (χ3v) is 5.70. The number of nitrogens with one attached hydrogen (secondary N) is 2. The number of carbonyl (C=O) groups is 1. The number of ether oxygens (including phenoxy) is 1. The molecule has 5 rings (SSSR count). The van der Waals surface area contributed by atoms with Gasteiger partial charge in [0.25, 0.3) is 0 Å². The quantitative estimate of drug-likeness (QED) is 0.449. The van der Waals surface area contributed by atoms with E-state index in [2.05, 4.69) is 25.1 Å². The lowest BCUT2D eigenvalue weighted by Crippen LogP contribution is -2.13. The van der Waals surface area contributed by atoms with Gasteiger partial charge >= 0.3 is 0 Å². The summed E-state index contributed by atoms with van der Waals surface area (Å²) in [4.78, 5) is 24.5. The maximum atomic E-state index is 11.0. The zero-order chi connectivity index (χ0) is 20.8. The van der Waals surface area contributed by atoms with Crippen LogP contribution in [0, 0.1) is 0 Å². The number of aromatic nitrogens is 5. The van der Waals surface area contributed by atoms with Crippen LogP contribution in [0.3, 0.4) is 0 Å². The van der Waals surface area contributed by atoms with Crippen LogP contribution in [-0.4, -0.2) is 36.5 Å². The Balaban J connectivity index is 1.46. The molecule has 0 bridgehead atoms. The SMILES string of the molecule is CC(Oc1ccc2[nH]nc(-c3nc4c([nH]3)CN(C=O)C4)c2c1)c1c(Cl)cncc1Cl. The van der Waals surface area contributed by atoms with Crippen molar-refractivity contribution in [2.24, 2.45) is 0 Å². The molecule has 4 aromatic rings. The van der Waals surface area contributed by atoms with Gasteiger partial charge in [0.15, 0.2) is 5.82 Å². The lowest BCUT2D eigenvalue weighted by atomic mass is 10.1. The molecule has 0 saturated carbocycles. The van der Waals surface area contributed by atoms with Crippen LogP contribution in [-0.2, 0) is 17.9 Å². The van der Waals surface area contributed by atoms with E-state index in [1.807, 2.05) is 25.1 Å². The minimum absolute atomic E-state index is 0.373. The number of rotatable bonds is 5. The van der Waals surface area contributed by atoms with Crippen molar-refractivity contribution in [3.63, 3.8) is 0 Å². The predicted molar refractivity (Wildman–Crippen MR) is 112 cm³/mol. The zero-order valence-corrected chi connectivity index (χ0v) is 17.3. The fraction of sp³-hybridized carbons (Fsp3) is 0.200. The Labute approximate surface area is 181 Å². The molecule has 2 N–H and O–H groups in total. The maximum Gasteiger partial charge on any atom is 0.210 e. The van der Waals surface area contributed by atoms with Gasteiger partial charge in [-0.15, -0.1) is 0 Å². The van der Waals surface area contributed by atoms with Gasteiger partial charge in [0, 0.05) is 23.3 Å². The van der Waals surface area contributed by atoms with E-state index in [0.717, 1.165) is 28.7 Å². The number of hydrogen-bond acceptors (Lipinski definition) is 5. The molecular weight excluding hydrogens is 427 g/mol. The Kier molecular flexibility index (Phi) is 4.60. The first-order chi connectivity index (χ1) is 14.5. The van der Waals surface area contributed by atoms with Crippen LogP contribution in [0.4, 0.5) is 0 Å². The van der Waals surface area contributed by atoms with Gasteiger partial charge in [-0.3, -0.25) is 14.9 Å². The zero-order valence-electron chi connectivity index (χ0n) is 15.8. The van der Waals surface area contributed by atoms with E-state index in [-0.39, 0.29) is 6.10 Å². The van der Waals surface area contributed by atoms with Crippen molar-refractivity contribution in [2.75, 3.05) is 0 Å². The molecule has 30 heavy (non-hydrogen) atoms. The van der Waals surface area contributed by atoms with Crippen molar-refractivity contribution in [3.05, 3.63) is 57.6 Å². The van der Waals surface area contributed by atoms with Crippen molar-refractivity contribution in [2.45, 2.75) is 26.1 Å². The average molecular weight is 443 g/mol. The lowest BCUT2D eigenvalue weighted by Gasteiger charge is -2.17. The number of benzene rings is 1. The van der Waals surface area contributed by atoms with Gasteiger partial charge in [0.05, 0.1) is 40.0 Å². The molecule has 1 aliphatic heterocycles. The second kappa shape index (κ2) is 7.30. The number of carbonyl (C=O) groups excluding carboxylic acids is 1. The van der Waals surface area contributed by atoms with Crippen molar-refractivity contribution in [1.29, 1.82) is 0 Å². The molecule has 1 atom stereocenters. The fourth-order valence-corrected chi connectivity index (χ4v) is 4.34. The van der Waals surface area contributed by atoms with Crippen LogP contribution >= 0.6 is 23.2 Å². The van der Waals surface area contributed by atoms with Gasteiger partial charge in [0.1, 0.15) is 17.5 Å². The number of imidazole rings is 1. The maximum absolute atomic E-state index is 11.0. The Bertz CT molecular complexity index is 1220. The number of amides is 1. The van der Waals surface area contributed by atoms with Crippen LogP contribution in [0.25, 0.3) is 22.4 Å². The molecule has 1 amide bonds. The molecule has 0 fully saturated rings. The van der Waals surface area contributed by atoms with E-state index in [9.17, 15) is 4.79 Å². The van der Waals surface area contributed by atoms with Crippen LogP contribution in [0.15, 0.2) is 30.6 Å². The average Bonchev–Trinajstić information content (AvgIpc) is 3.39. The molecule has 0 aliphatic carbocycles. The summed E-state index contributed by atoms with van der Waals surface area (Å²) in [7, 11) is 0. The summed E-state index contributed by atoms with van der Waals surface area (Å²) in [5, 5.41) is 9.21. The first-order valence-electron chi connectivity index (χ1n) is 9.24. The van der Waals surface area contributed by atoms with Crippen molar-refractivity contribution in [3.8, 4) is 17.3 Å². The predicted octanol–water partition coefficient (Wildman–Crippen LogP) is 4.27. The normalized spacial score (nSPS) is 14.2. The monoisotopic (exact) mass is 442 g/mol. The van der Waals surface area contributed by atoms with E-state index < -0.39 is 0 Å². The molecule has 152 valence electrons. The Morgan fingerprint density at radius 1 is 1.23 bits per heavy atom. The number of aromatic amines is 2. The molecule has 8 nitrogen and oxygen atoms in total. The summed E-state index contributed by atoms with van der Waals surface area (Å²) in [6.07, 6.45) is 3.54. The summed E-state index contributed by atoms with van der Waals surface area (Å²) < 4.78 is 6.11. The third-order valence-electron chi connectivity index (χ3n) is 5.10. The van der Waals surface area contributed by atoms with E-state index in [1.165, 1.54) is 0 Å². The number of nitrogens with zero attached hydrogens (tertiary/aromatic N) is 4. The molecule has 0 spiro atoms. The number of fused-ring (bicyclic) bond motifs is 2. The van der Waals surface area contributed by atoms with Gasteiger partial charge in [0.2, 0.25) is 6.41 Å². The van der Waals surface area contributed by atoms with Crippen molar-refractivity contribution >= 4 is 40.5 Å². The van der Waals surface area contributed by atoms with Gasteiger partial charge in [-0.25, -0.2) is 4.98 Å². The molecule has 0 radical (unpaired) electrons. The highest BCUT2D eigenvalue weighted by molar-refractivity contribution is 6.35. The van der Waals surface area contributed by atoms with Crippen LogP contribution in [0.1, 0.15) is 30.0 Å². The first-order valence-corrected chi connectivity index (χ1v) is 10.00. The smallest absolute Gasteiger partial charge is 0.210 e. The summed E-state index contributed by atoms with van der Waals surface area (Å²) in [5.74, 6) is 1.30. The van der Waals surface area contributed by atoms with Gasteiger partial charge in [-0.2, -0.15) is 5.10 Å². The van der Waals surface area contributed by atoms with Gasteiger partial charge in [-0.1, -0.05) is 23.2 Å². The molecule has 3 aromatic heterocycles. The number of H-pyrrole nitrogens is 2. The minimum atomic E-state index is -0.373. The topological polar surface area (TPSA) is 99.8 Å². The third kappa shape index (κ3) is 3.18. The molecular formula is C20H16Cl2N6O2. The molecule has 1 aliphatic rings. The van der Waals surface area contributed by atoms with Gasteiger partial charge in [-0.05, 0) is 25.1 Å². The van der Waals surface area contributed by atoms with E-state index in [0.29, 0.717) is 46.0 Å². The second-order valence-corrected chi connectivity index (χ2v) is 7.89. The lowest BCUT2D eigenvalue weighted by molar-refractivity contribution is -0.118. The highest BCUT2D eigenvalue weighted by atomic mass is 35.5. The molecule has 1 unspecified atom stereocenters. The standard InChI is InChI=1S/C20H16Cl2N6O2/c1-10(18-13(21)5-23-6-14(18)22)30-11-2-3-15-12(4-11)19(27-26-15)20-24-16-7-28(9-29)8-17(16)25-20/h2-6,9-10H,7-8H2,1H3,(H,24,25)(H,26,27). The molecule has 10 heteroatoms. The fourth-order valence-electron chi connectivity index (χ4n) is 3.66. The van der Waals surface area contributed by atoms with Crippen LogP contribution < -0.4 is 4.74 Å². The van der Waals surface area contributed by atoms with Gasteiger partial charge < -0.3 is 14.6 Å². The van der Waals surface area contributed by atoms with Crippen LogP contribution in [0.5, 0.6) is 5.75 Å². The molecule has 4 heterocycles. The molecule has 1 aromatic carbocycles. The highest BCUT2D eigenvalue weighted by Gasteiger charge is 2.24. The Morgan fingerprint density at radius 2 is 2.03 bits per heavy atom. The van der Waals surface area contributed by atoms with Crippen molar-refractivity contribution < 1.29 is 9.53 Å². The summed E-state index contributed by atoms with van der Waals surface area (Å²) >= 11 is 12.5. The van der Waals surface area contributed by atoms with E-state index in [1.54, 1.807) is 17.3 Å². The minimum Gasteiger partial charge on any atom is -0.486 e. The summed E-state index contributed by atoms with van der Waals surface area (Å²) in [6, 6.07) is 5.65. The van der Waals surface area contributed by atoms with E-state index >= 15 is 0 Å². The summed E-state index contributed by atoms with van der Waals surface area (Å²) in [6.45, 7) is 2.90. The largest absolute Gasteiger partial charge is 0.486 e. The first kappa shape index (κ1) is 18.9. The number of hydrogen-bond donors (Lipinski definition) is 2. The number of halogens is 2. The molecule has 0 saturated heterocycles. The van der Waals surface area contributed by atoms with Crippen LogP contribution in [0.2, 0.25) is 10.0 Å². The summed E-state index contributed by atoms with van der Waals surface area (Å²) in [5.41, 5.74) is 4.02. The second-order valence-electron chi connectivity index (χ2n) is 7.08. The Morgan fingerprint density at radius 3 is 2.77 bits per heavy atom. The Hall–Kier alpha value is -3.10. The highest BCUT2D eigenvalue weighted by Crippen LogP contribution is 2.35.